The van der Waals surface area contributed by atoms with Gasteiger partial charge in [0.15, 0.2) is 5.78 Å². The molecule has 0 radical (unpaired) electrons. The minimum atomic E-state index is -0.230. The number of carbonyl (C=O) groups is 1. The highest BCUT2D eigenvalue weighted by molar-refractivity contribution is 5.92. The molecule has 3 fully saturated rings. The number of rotatable bonds is 0. The maximum Gasteiger partial charge on any atom is 0.155 e. The molecule has 0 spiro atoms. The molecule has 4 aliphatic carbocycles. The van der Waals surface area contributed by atoms with Crippen LogP contribution >= 0.6 is 0 Å². The zero-order chi connectivity index (χ0) is 14.8. The van der Waals surface area contributed by atoms with E-state index in [1.165, 1.54) is 5.57 Å². The van der Waals surface area contributed by atoms with Crippen molar-refractivity contribution in [2.24, 2.45) is 28.9 Å². The smallest absolute Gasteiger partial charge is 0.155 e. The maximum absolute atomic E-state index is 11.7. The van der Waals surface area contributed by atoms with E-state index in [0.29, 0.717) is 24.2 Å². The predicted molar refractivity (Wildman–Crippen MR) is 81.5 cm³/mol. The lowest BCUT2D eigenvalue weighted by molar-refractivity contribution is -0.116. The van der Waals surface area contributed by atoms with E-state index in [1.807, 2.05) is 6.08 Å². The number of aliphatic hydroxyl groups excluding tert-OH is 1. The van der Waals surface area contributed by atoms with Gasteiger partial charge in [0.05, 0.1) is 6.10 Å². The fourth-order valence-corrected chi connectivity index (χ4v) is 6.24. The first kappa shape index (κ1) is 14.0. The van der Waals surface area contributed by atoms with E-state index < -0.39 is 0 Å². The van der Waals surface area contributed by atoms with Crippen molar-refractivity contribution in [2.75, 3.05) is 0 Å². The summed E-state index contributed by atoms with van der Waals surface area (Å²) < 4.78 is 0. The van der Waals surface area contributed by atoms with Gasteiger partial charge in [0, 0.05) is 12.0 Å². The molecule has 0 saturated heterocycles. The Morgan fingerprint density at radius 3 is 2.76 bits per heavy atom. The van der Waals surface area contributed by atoms with Gasteiger partial charge in [0.1, 0.15) is 0 Å². The highest BCUT2D eigenvalue weighted by Gasteiger charge is 2.59. The fourth-order valence-electron chi connectivity index (χ4n) is 6.24. The van der Waals surface area contributed by atoms with E-state index in [9.17, 15) is 9.90 Å². The molecule has 4 aliphatic rings. The second-order valence-corrected chi connectivity index (χ2v) is 8.23. The number of fused-ring (bicyclic) bond motifs is 5. The topological polar surface area (TPSA) is 63.3 Å². The molecule has 4 rings (SSSR count). The summed E-state index contributed by atoms with van der Waals surface area (Å²) in [6.45, 7) is 2.30. The van der Waals surface area contributed by atoms with Crippen molar-refractivity contribution in [2.45, 2.75) is 69.9 Å². The monoisotopic (exact) mass is 289 g/mol. The van der Waals surface area contributed by atoms with E-state index in [-0.39, 0.29) is 22.8 Å². The molecule has 0 bridgehead atoms. The number of hydrogen-bond donors (Lipinski definition) is 2. The Labute approximate surface area is 127 Å². The molecule has 116 valence electrons. The molecule has 0 aliphatic heterocycles. The second kappa shape index (κ2) is 4.42. The van der Waals surface area contributed by atoms with Crippen LogP contribution in [0.4, 0.5) is 0 Å². The summed E-state index contributed by atoms with van der Waals surface area (Å²) in [6, 6.07) is 0. The van der Waals surface area contributed by atoms with Crippen LogP contribution in [0.5, 0.6) is 0 Å². The van der Waals surface area contributed by atoms with Crippen molar-refractivity contribution in [3.63, 3.8) is 0 Å². The lowest BCUT2D eigenvalue weighted by Gasteiger charge is -2.57. The third-order valence-electron chi connectivity index (χ3n) is 7.51. The summed E-state index contributed by atoms with van der Waals surface area (Å²) >= 11 is 0. The molecule has 0 aromatic rings. The van der Waals surface area contributed by atoms with Crippen molar-refractivity contribution in [3.05, 3.63) is 11.6 Å². The third kappa shape index (κ3) is 1.77. The summed E-state index contributed by atoms with van der Waals surface area (Å²) in [4.78, 5) is 11.7. The van der Waals surface area contributed by atoms with Crippen molar-refractivity contribution in [1.29, 1.82) is 0 Å². The molecule has 3 saturated carbocycles. The van der Waals surface area contributed by atoms with Crippen LogP contribution in [-0.2, 0) is 4.79 Å². The van der Waals surface area contributed by atoms with Crippen molar-refractivity contribution in [1.82, 2.24) is 0 Å². The second-order valence-electron chi connectivity index (χ2n) is 8.23. The molecule has 3 heteroatoms. The first-order valence-electron chi connectivity index (χ1n) is 8.66. The number of nitrogens with two attached hydrogens (primary N) is 1. The van der Waals surface area contributed by atoms with Crippen LogP contribution in [0.15, 0.2) is 11.6 Å². The summed E-state index contributed by atoms with van der Waals surface area (Å²) in [5.74, 6) is 2.07. The average molecular weight is 289 g/mol. The Hall–Kier alpha value is -0.670. The lowest BCUT2D eigenvalue weighted by Crippen LogP contribution is -2.60. The molecule has 0 amide bonds. The number of carbonyl (C=O) groups excluding carboxylic acids is 1. The van der Waals surface area contributed by atoms with E-state index >= 15 is 0 Å². The SMILES string of the molecule is CC12CCC3C(CCC4=CC(=O)CC[C@@]43N)C1CC[C@@H]2O. The molecule has 4 unspecified atom stereocenters. The number of aliphatic hydroxyl groups is 1. The standard InChI is InChI=1S/C18H27NO2/c1-17-8-7-15-13(14(17)4-5-16(17)21)3-2-11-10-12(20)6-9-18(11,15)19/h10,13-16,21H,2-9,19H2,1H3/t13?,14?,15?,16-,17?,18+/m0/s1. The van der Waals surface area contributed by atoms with Gasteiger partial charge in [-0.1, -0.05) is 6.92 Å². The van der Waals surface area contributed by atoms with Gasteiger partial charge in [-0.3, -0.25) is 4.79 Å². The Morgan fingerprint density at radius 1 is 1.14 bits per heavy atom. The largest absolute Gasteiger partial charge is 0.393 e. The van der Waals surface area contributed by atoms with E-state index in [0.717, 1.165) is 44.9 Å². The summed E-state index contributed by atoms with van der Waals surface area (Å²) in [5, 5.41) is 10.4. The van der Waals surface area contributed by atoms with Gasteiger partial charge in [-0.2, -0.15) is 0 Å². The van der Waals surface area contributed by atoms with Crippen molar-refractivity contribution >= 4 is 5.78 Å². The normalized spacial score (nSPS) is 52.7. The van der Waals surface area contributed by atoms with Gasteiger partial charge in [0.2, 0.25) is 0 Å². The van der Waals surface area contributed by atoms with Crippen LogP contribution in [0.3, 0.4) is 0 Å². The fraction of sp³-hybridized carbons (Fsp3) is 0.833. The number of ketones is 1. The first-order chi connectivity index (χ1) is 9.95. The highest BCUT2D eigenvalue weighted by Crippen LogP contribution is 2.62. The Balaban J connectivity index is 1.69. The number of hydrogen-bond acceptors (Lipinski definition) is 3. The molecular formula is C18H27NO2. The molecule has 3 N–H and O–H groups in total. The quantitative estimate of drug-likeness (QED) is 0.720. The molecule has 0 aromatic carbocycles. The van der Waals surface area contributed by atoms with Crippen LogP contribution in [0, 0.1) is 23.2 Å². The van der Waals surface area contributed by atoms with Gasteiger partial charge < -0.3 is 10.8 Å². The van der Waals surface area contributed by atoms with Gasteiger partial charge in [-0.05, 0) is 79.8 Å². The summed E-state index contributed by atoms with van der Waals surface area (Å²) in [7, 11) is 0. The average Bonchev–Trinajstić information content (AvgIpc) is 2.76. The molecule has 0 heterocycles. The molecule has 0 aromatic heterocycles. The van der Waals surface area contributed by atoms with Crippen LogP contribution < -0.4 is 5.73 Å². The Kier molecular flexibility index (Phi) is 2.94. The molecule has 21 heavy (non-hydrogen) atoms. The predicted octanol–water partition coefficient (Wildman–Crippen LogP) is 2.57. The Morgan fingerprint density at radius 2 is 1.95 bits per heavy atom. The van der Waals surface area contributed by atoms with Gasteiger partial charge >= 0.3 is 0 Å². The Bertz CT molecular complexity index is 513. The van der Waals surface area contributed by atoms with Crippen LogP contribution in [0.25, 0.3) is 0 Å². The van der Waals surface area contributed by atoms with E-state index in [1.54, 1.807) is 0 Å². The lowest BCUT2D eigenvalue weighted by atomic mass is 9.50. The van der Waals surface area contributed by atoms with Crippen LogP contribution in [0.2, 0.25) is 0 Å². The van der Waals surface area contributed by atoms with Crippen LogP contribution in [0.1, 0.15) is 58.3 Å². The third-order valence-corrected chi connectivity index (χ3v) is 7.51. The van der Waals surface area contributed by atoms with E-state index in [2.05, 4.69) is 6.92 Å². The van der Waals surface area contributed by atoms with Gasteiger partial charge in [0.25, 0.3) is 0 Å². The molecule has 3 nitrogen and oxygen atoms in total. The van der Waals surface area contributed by atoms with Gasteiger partial charge in [-0.15, -0.1) is 0 Å². The molecule has 6 atom stereocenters. The molecular weight excluding hydrogens is 262 g/mol. The zero-order valence-electron chi connectivity index (χ0n) is 13.0. The maximum atomic E-state index is 11.7. The zero-order valence-corrected chi connectivity index (χ0v) is 13.0. The van der Waals surface area contributed by atoms with Gasteiger partial charge in [-0.25, -0.2) is 0 Å². The van der Waals surface area contributed by atoms with Crippen LogP contribution in [-0.4, -0.2) is 22.5 Å². The minimum Gasteiger partial charge on any atom is -0.393 e. The van der Waals surface area contributed by atoms with E-state index in [4.69, 9.17) is 5.73 Å². The van der Waals surface area contributed by atoms with Crippen molar-refractivity contribution < 1.29 is 9.90 Å². The summed E-state index contributed by atoms with van der Waals surface area (Å²) in [5.41, 5.74) is 7.97. The highest BCUT2D eigenvalue weighted by atomic mass is 16.3. The first-order valence-corrected chi connectivity index (χ1v) is 8.66. The minimum absolute atomic E-state index is 0.114. The van der Waals surface area contributed by atoms with Crippen molar-refractivity contribution in [3.8, 4) is 0 Å². The summed E-state index contributed by atoms with van der Waals surface area (Å²) in [6.07, 6.45) is 9.69.